The van der Waals surface area contributed by atoms with Gasteiger partial charge in [0.15, 0.2) is 28.8 Å². The molecule has 0 saturated carbocycles. The second kappa shape index (κ2) is 9.41. The molecule has 3 aliphatic rings. The monoisotopic (exact) mass is 481 g/mol. The van der Waals surface area contributed by atoms with Crippen LogP contribution in [0.15, 0.2) is 47.7 Å². The van der Waals surface area contributed by atoms with Gasteiger partial charge in [-0.2, -0.15) is 0 Å². The summed E-state index contributed by atoms with van der Waals surface area (Å²) in [6.45, 7) is 0. The Morgan fingerprint density at radius 1 is 0.800 bits per heavy atom. The molecule has 1 fully saturated rings. The summed E-state index contributed by atoms with van der Waals surface area (Å²) >= 11 is 0. The summed E-state index contributed by atoms with van der Waals surface area (Å²) in [5.74, 6) is 1.96. The van der Waals surface area contributed by atoms with Crippen molar-refractivity contribution in [3.8, 4) is 23.0 Å². The second-order valence-corrected chi connectivity index (χ2v) is 9.06. The molecule has 9 heteroatoms. The molecule has 186 valence electrons. The highest BCUT2D eigenvalue weighted by Crippen LogP contribution is 2.48. The topological polar surface area (TPSA) is 110 Å². The molecule has 1 saturated heterocycles. The standard InChI is InChI=1S/C26H31N3O6/c1-32-18-7-5-13(11-20(18)34-3)15-9-16-23(17(30)10-15)22(24-25(27-16)28-29-26(24)31)14-6-8-19(33-2)21(12-14)35-4/h5-8,11-12,15,22,24-29,31H,9-10H2,1-4H3/t15-,22-,24?,25?,26?/m1/s1. The van der Waals surface area contributed by atoms with Crippen molar-refractivity contribution in [3.63, 3.8) is 0 Å². The summed E-state index contributed by atoms with van der Waals surface area (Å²) in [6.07, 6.45) is -0.0232. The first-order chi connectivity index (χ1) is 17.0. The van der Waals surface area contributed by atoms with Crippen LogP contribution in [0.1, 0.15) is 35.8 Å². The lowest BCUT2D eigenvalue weighted by Crippen LogP contribution is -2.51. The first-order valence-corrected chi connectivity index (χ1v) is 11.6. The van der Waals surface area contributed by atoms with E-state index in [0.717, 1.165) is 22.4 Å². The molecule has 0 radical (unpaired) electrons. The number of aliphatic hydroxyl groups excluding tert-OH is 1. The van der Waals surface area contributed by atoms with Crippen molar-refractivity contribution in [2.45, 2.75) is 37.1 Å². The highest BCUT2D eigenvalue weighted by atomic mass is 16.5. The molecule has 3 unspecified atom stereocenters. The number of benzene rings is 2. The van der Waals surface area contributed by atoms with E-state index in [1.54, 1.807) is 28.4 Å². The SMILES string of the molecule is COc1ccc([C@H]2CC(=O)C3=C(C2)NC2NNC(O)C2[C@@H]3c2ccc(OC)c(OC)c2)cc1OC. The molecule has 1 aliphatic carbocycles. The maximum Gasteiger partial charge on any atom is 0.161 e. The number of nitrogens with one attached hydrogen (secondary N) is 3. The number of hydrazine groups is 1. The first kappa shape index (κ1) is 23.5. The second-order valence-electron chi connectivity index (χ2n) is 9.06. The van der Waals surface area contributed by atoms with Crippen LogP contribution in [0.25, 0.3) is 0 Å². The number of fused-ring (bicyclic) bond motifs is 1. The van der Waals surface area contributed by atoms with Crippen LogP contribution in [0, 0.1) is 5.92 Å². The van der Waals surface area contributed by atoms with Crippen molar-refractivity contribution in [2.24, 2.45) is 5.92 Å². The van der Waals surface area contributed by atoms with Crippen LogP contribution in [0.2, 0.25) is 0 Å². The molecule has 2 aromatic rings. The molecule has 0 aromatic heterocycles. The van der Waals surface area contributed by atoms with Crippen molar-refractivity contribution in [2.75, 3.05) is 28.4 Å². The molecule has 0 spiro atoms. The molecule has 0 amide bonds. The Kier molecular flexibility index (Phi) is 6.31. The molecule has 2 aliphatic heterocycles. The number of ether oxygens (including phenoxy) is 4. The third-order valence-corrected chi connectivity index (χ3v) is 7.32. The van der Waals surface area contributed by atoms with E-state index >= 15 is 0 Å². The summed E-state index contributed by atoms with van der Waals surface area (Å²) < 4.78 is 21.8. The molecule has 0 bridgehead atoms. The first-order valence-electron chi connectivity index (χ1n) is 11.6. The van der Waals surface area contributed by atoms with Crippen molar-refractivity contribution >= 4 is 5.78 Å². The van der Waals surface area contributed by atoms with Crippen molar-refractivity contribution < 1.29 is 28.8 Å². The number of carbonyl (C=O) groups is 1. The van der Waals surface area contributed by atoms with E-state index in [-0.39, 0.29) is 29.7 Å². The van der Waals surface area contributed by atoms with E-state index in [0.29, 0.717) is 35.8 Å². The predicted molar refractivity (Wildman–Crippen MR) is 129 cm³/mol. The largest absolute Gasteiger partial charge is 0.493 e. The van der Waals surface area contributed by atoms with Crippen LogP contribution >= 0.6 is 0 Å². The van der Waals surface area contributed by atoms with Gasteiger partial charge in [-0.1, -0.05) is 12.1 Å². The van der Waals surface area contributed by atoms with Crippen LogP contribution in [0.5, 0.6) is 23.0 Å². The average Bonchev–Trinajstić information content (AvgIpc) is 3.26. The average molecular weight is 482 g/mol. The zero-order valence-corrected chi connectivity index (χ0v) is 20.3. The number of aliphatic hydroxyl groups is 1. The lowest BCUT2D eigenvalue weighted by Gasteiger charge is -2.42. The predicted octanol–water partition coefficient (Wildman–Crippen LogP) is 2.18. The number of Topliss-reactive ketones (excluding diaryl/α,β-unsaturated/α-hetero) is 1. The van der Waals surface area contributed by atoms with Gasteiger partial charge in [-0.15, -0.1) is 0 Å². The third-order valence-electron chi connectivity index (χ3n) is 7.32. The van der Waals surface area contributed by atoms with Crippen LogP contribution in [0.3, 0.4) is 0 Å². The molecule has 5 atom stereocenters. The Hall–Kier alpha value is -3.27. The summed E-state index contributed by atoms with van der Waals surface area (Å²) in [5, 5.41) is 14.3. The molecule has 2 heterocycles. The summed E-state index contributed by atoms with van der Waals surface area (Å²) in [6, 6.07) is 11.5. The van der Waals surface area contributed by atoms with Crippen LogP contribution in [-0.4, -0.2) is 51.7 Å². The van der Waals surface area contributed by atoms with Gasteiger partial charge < -0.3 is 29.4 Å². The molecule has 5 rings (SSSR count). The van der Waals surface area contributed by atoms with E-state index in [9.17, 15) is 9.90 Å². The molecule has 2 aromatic carbocycles. The van der Waals surface area contributed by atoms with Crippen molar-refractivity contribution in [3.05, 3.63) is 58.8 Å². The fourth-order valence-corrected chi connectivity index (χ4v) is 5.64. The normalized spacial score (nSPS) is 27.6. The lowest BCUT2D eigenvalue weighted by molar-refractivity contribution is -0.117. The lowest BCUT2D eigenvalue weighted by atomic mass is 9.68. The minimum Gasteiger partial charge on any atom is -0.493 e. The quantitative estimate of drug-likeness (QED) is 0.493. The summed E-state index contributed by atoms with van der Waals surface area (Å²) in [5.41, 5.74) is 9.61. The zero-order valence-electron chi connectivity index (χ0n) is 20.3. The Labute approximate surface area is 204 Å². The maximum atomic E-state index is 13.7. The number of rotatable bonds is 6. The number of allylic oxidation sites excluding steroid dienone is 2. The number of ketones is 1. The van der Waals surface area contributed by atoms with E-state index in [2.05, 4.69) is 16.2 Å². The molecular weight excluding hydrogens is 450 g/mol. The van der Waals surface area contributed by atoms with Gasteiger partial charge in [0, 0.05) is 29.5 Å². The fraction of sp³-hybridized carbons (Fsp3) is 0.423. The summed E-state index contributed by atoms with van der Waals surface area (Å²) in [4.78, 5) is 13.7. The van der Waals surface area contributed by atoms with Gasteiger partial charge >= 0.3 is 0 Å². The van der Waals surface area contributed by atoms with Gasteiger partial charge in [-0.25, -0.2) is 10.9 Å². The van der Waals surface area contributed by atoms with E-state index in [1.807, 2.05) is 36.4 Å². The Morgan fingerprint density at radius 3 is 2.03 bits per heavy atom. The Bertz CT molecular complexity index is 1170. The van der Waals surface area contributed by atoms with Gasteiger partial charge in [-0.3, -0.25) is 4.79 Å². The zero-order chi connectivity index (χ0) is 24.7. The molecule has 4 N–H and O–H groups in total. The van der Waals surface area contributed by atoms with E-state index in [1.165, 1.54) is 0 Å². The fourth-order valence-electron chi connectivity index (χ4n) is 5.64. The van der Waals surface area contributed by atoms with Gasteiger partial charge in [-0.05, 0) is 47.7 Å². The Balaban J connectivity index is 1.56. The third kappa shape index (κ3) is 3.99. The number of methoxy groups -OCH3 is 4. The van der Waals surface area contributed by atoms with Crippen LogP contribution < -0.4 is 35.1 Å². The minimum absolute atomic E-state index is 0.00422. The molecule has 9 nitrogen and oxygen atoms in total. The number of carbonyl (C=O) groups excluding carboxylic acids is 1. The minimum atomic E-state index is -0.823. The van der Waals surface area contributed by atoms with Crippen molar-refractivity contribution in [1.82, 2.24) is 16.2 Å². The van der Waals surface area contributed by atoms with E-state index < -0.39 is 6.23 Å². The van der Waals surface area contributed by atoms with Gasteiger partial charge in [0.25, 0.3) is 0 Å². The van der Waals surface area contributed by atoms with Crippen LogP contribution in [-0.2, 0) is 4.79 Å². The highest BCUT2D eigenvalue weighted by Gasteiger charge is 2.50. The summed E-state index contributed by atoms with van der Waals surface area (Å²) in [7, 11) is 6.39. The number of hydrogen-bond acceptors (Lipinski definition) is 9. The molecule has 35 heavy (non-hydrogen) atoms. The smallest absolute Gasteiger partial charge is 0.161 e. The van der Waals surface area contributed by atoms with Crippen molar-refractivity contribution in [1.29, 1.82) is 0 Å². The highest BCUT2D eigenvalue weighted by molar-refractivity contribution is 5.99. The Morgan fingerprint density at radius 2 is 1.40 bits per heavy atom. The van der Waals surface area contributed by atoms with E-state index in [4.69, 9.17) is 18.9 Å². The maximum absolute atomic E-state index is 13.7. The van der Waals surface area contributed by atoms with Gasteiger partial charge in [0.2, 0.25) is 0 Å². The van der Waals surface area contributed by atoms with Crippen LogP contribution in [0.4, 0.5) is 0 Å². The number of hydrogen-bond donors (Lipinski definition) is 4. The van der Waals surface area contributed by atoms with Gasteiger partial charge in [0.05, 0.1) is 34.6 Å². The van der Waals surface area contributed by atoms with Gasteiger partial charge in [0.1, 0.15) is 6.23 Å². The molecular formula is C26H31N3O6.